The molecule has 20 heavy (non-hydrogen) atoms. The highest BCUT2D eigenvalue weighted by atomic mass is 16.5. The maximum Gasteiger partial charge on any atom is 0.235 e. The first-order valence-corrected chi connectivity index (χ1v) is 6.96. The molecule has 0 saturated carbocycles. The van der Waals surface area contributed by atoms with Gasteiger partial charge in [0.2, 0.25) is 11.7 Å². The summed E-state index contributed by atoms with van der Waals surface area (Å²) in [6.07, 6.45) is 1.95. The van der Waals surface area contributed by atoms with Gasteiger partial charge in [-0.05, 0) is 25.3 Å². The molecule has 2 atom stereocenters. The summed E-state index contributed by atoms with van der Waals surface area (Å²) in [6.45, 7) is 3.19. The summed E-state index contributed by atoms with van der Waals surface area (Å²) in [5.74, 6) is 1.12. The Morgan fingerprint density at radius 2 is 2.15 bits per heavy atom. The molecular weight excluding hydrogens is 254 g/mol. The topological polar surface area (TPSA) is 74.2 Å². The molecule has 2 N–H and O–H groups in total. The molecule has 1 aromatic carbocycles. The first kappa shape index (κ1) is 13.3. The predicted molar refractivity (Wildman–Crippen MR) is 74.2 cm³/mol. The van der Waals surface area contributed by atoms with Crippen molar-refractivity contribution in [1.29, 1.82) is 0 Å². The van der Waals surface area contributed by atoms with Crippen LogP contribution in [0.15, 0.2) is 34.9 Å². The minimum absolute atomic E-state index is 0.0672. The molecule has 2 unspecified atom stereocenters. The second-order valence-electron chi connectivity index (χ2n) is 5.34. The van der Waals surface area contributed by atoms with Gasteiger partial charge in [0.1, 0.15) is 5.60 Å². The first-order valence-electron chi connectivity index (χ1n) is 6.96. The second kappa shape index (κ2) is 5.34. The van der Waals surface area contributed by atoms with Crippen molar-refractivity contribution in [2.75, 3.05) is 13.2 Å². The van der Waals surface area contributed by atoms with Gasteiger partial charge in [0.15, 0.2) is 0 Å². The average Bonchev–Trinajstić information content (AvgIpc) is 3.11. The highest BCUT2D eigenvalue weighted by Gasteiger charge is 2.37. The second-order valence-corrected chi connectivity index (χ2v) is 5.34. The van der Waals surface area contributed by atoms with Gasteiger partial charge in [-0.2, -0.15) is 4.98 Å². The van der Waals surface area contributed by atoms with Gasteiger partial charge in [0.25, 0.3) is 0 Å². The van der Waals surface area contributed by atoms with Crippen molar-refractivity contribution in [2.24, 2.45) is 5.73 Å². The third-order valence-electron chi connectivity index (χ3n) is 3.87. The molecule has 0 aliphatic carbocycles. The van der Waals surface area contributed by atoms with E-state index in [9.17, 15) is 0 Å². The maximum absolute atomic E-state index is 5.87. The Balaban J connectivity index is 1.89. The fourth-order valence-corrected chi connectivity index (χ4v) is 2.61. The lowest BCUT2D eigenvalue weighted by atomic mass is 9.99. The molecule has 1 saturated heterocycles. The Morgan fingerprint density at radius 1 is 1.35 bits per heavy atom. The van der Waals surface area contributed by atoms with Gasteiger partial charge in [-0.1, -0.05) is 35.5 Å². The van der Waals surface area contributed by atoms with Crippen LogP contribution in [0.3, 0.4) is 0 Å². The van der Waals surface area contributed by atoms with Gasteiger partial charge in [-0.25, -0.2) is 0 Å². The highest BCUT2D eigenvalue weighted by molar-refractivity contribution is 5.25. The summed E-state index contributed by atoms with van der Waals surface area (Å²) in [7, 11) is 0. The third kappa shape index (κ3) is 2.34. The van der Waals surface area contributed by atoms with Crippen LogP contribution in [0, 0.1) is 0 Å². The zero-order valence-electron chi connectivity index (χ0n) is 11.6. The number of aromatic nitrogens is 2. The first-order chi connectivity index (χ1) is 9.73. The lowest BCUT2D eigenvalue weighted by Gasteiger charge is -2.17. The molecule has 3 rings (SSSR count). The Bertz CT molecular complexity index is 562. The number of hydrogen-bond donors (Lipinski definition) is 1. The van der Waals surface area contributed by atoms with Crippen LogP contribution in [-0.2, 0) is 10.3 Å². The van der Waals surface area contributed by atoms with Gasteiger partial charge >= 0.3 is 0 Å². The average molecular weight is 273 g/mol. The standard InChI is InChI=1S/C15H19N3O2/c1-15(8-5-9-19-15)14-17-13(20-18-14)12(10-16)11-6-3-2-4-7-11/h2-4,6-7,12H,5,8-10,16H2,1H3. The van der Waals surface area contributed by atoms with Crippen LogP contribution >= 0.6 is 0 Å². The van der Waals surface area contributed by atoms with Crippen LogP contribution in [0.2, 0.25) is 0 Å². The van der Waals surface area contributed by atoms with Crippen molar-refractivity contribution in [1.82, 2.24) is 10.1 Å². The number of rotatable bonds is 4. The van der Waals surface area contributed by atoms with E-state index >= 15 is 0 Å². The van der Waals surface area contributed by atoms with E-state index in [1.54, 1.807) is 0 Å². The largest absolute Gasteiger partial charge is 0.367 e. The number of nitrogens with zero attached hydrogens (tertiary/aromatic N) is 2. The van der Waals surface area contributed by atoms with E-state index in [0.29, 0.717) is 18.3 Å². The van der Waals surface area contributed by atoms with E-state index in [-0.39, 0.29) is 5.92 Å². The van der Waals surface area contributed by atoms with Gasteiger partial charge in [0, 0.05) is 13.2 Å². The Hall–Kier alpha value is -1.72. The summed E-state index contributed by atoms with van der Waals surface area (Å²) in [4.78, 5) is 4.53. The minimum Gasteiger partial charge on any atom is -0.367 e. The molecule has 106 valence electrons. The Labute approximate surface area is 118 Å². The van der Waals surface area contributed by atoms with Crippen LogP contribution in [0.1, 0.15) is 43.0 Å². The normalized spacial score (nSPS) is 23.9. The third-order valence-corrected chi connectivity index (χ3v) is 3.87. The van der Waals surface area contributed by atoms with Crippen molar-refractivity contribution in [3.05, 3.63) is 47.6 Å². The van der Waals surface area contributed by atoms with E-state index in [2.05, 4.69) is 10.1 Å². The molecule has 0 spiro atoms. The smallest absolute Gasteiger partial charge is 0.235 e. The summed E-state index contributed by atoms with van der Waals surface area (Å²) >= 11 is 0. The highest BCUT2D eigenvalue weighted by Crippen LogP contribution is 2.34. The zero-order chi connectivity index (χ0) is 14.0. The van der Waals surface area contributed by atoms with Crippen molar-refractivity contribution in [3.8, 4) is 0 Å². The predicted octanol–water partition coefficient (Wildman–Crippen LogP) is 2.19. The molecule has 5 nitrogen and oxygen atoms in total. The van der Waals surface area contributed by atoms with Crippen molar-refractivity contribution < 1.29 is 9.26 Å². The molecule has 1 aromatic heterocycles. The fraction of sp³-hybridized carbons (Fsp3) is 0.467. The van der Waals surface area contributed by atoms with Crippen LogP contribution in [-0.4, -0.2) is 23.3 Å². The van der Waals surface area contributed by atoms with E-state index in [1.807, 2.05) is 37.3 Å². The van der Waals surface area contributed by atoms with Crippen LogP contribution < -0.4 is 5.73 Å². The van der Waals surface area contributed by atoms with E-state index in [1.165, 1.54) is 0 Å². The monoisotopic (exact) mass is 273 g/mol. The van der Waals surface area contributed by atoms with Gasteiger partial charge in [-0.3, -0.25) is 0 Å². The zero-order valence-corrected chi connectivity index (χ0v) is 11.6. The minimum atomic E-state index is -0.419. The number of ether oxygens (including phenoxy) is 1. The quantitative estimate of drug-likeness (QED) is 0.924. The van der Waals surface area contributed by atoms with E-state index < -0.39 is 5.60 Å². The summed E-state index contributed by atoms with van der Waals surface area (Å²) in [6, 6.07) is 9.99. The maximum atomic E-state index is 5.87. The Morgan fingerprint density at radius 3 is 2.80 bits per heavy atom. The number of benzene rings is 1. The lowest BCUT2D eigenvalue weighted by molar-refractivity contribution is 0.00768. The molecule has 0 radical (unpaired) electrons. The molecule has 1 aliphatic rings. The molecule has 0 bridgehead atoms. The molecule has 5 heteroatoms. The molecule has 0 amide bonds. The lowest BCUT2D eigenvalue weighted by Crippen LogP contribution is -2.22. The molecular formula is C15H19N3O2. The SMILES string of the molecule is CC1(c2noc(C(CN)c3ccccc3)n2)CCCO1. The van der Waals surface area contributed by atoms with Crippen LogP contribution in [0.4, 0.5) is 0 Å². The van der Waals surface area contributed by atoms with Gasteiger partial charge in [-0.15, -0.1) is 0 Å². The van der Waals surface area contributed by atoms with Crippen molar-refractivity contribution in [3.63, 3.8) is 0 Å². The summed E-state index contributed by atoms with van der Waals surface area (Å²) in [5.41, 5.74) is 6.54. The van der Waals surface area contributed by atoms with E-state index in [0.717, 1.165) is 25.0 Å². The summed E-state index contributed by atoms with van der Waals surface area (Å²) < 4.78 is 11.2. The number of hydrogen-bond acceptors (Lipinski definition) is 5. The number of nitrogens with two attached hydrogens (primary N) is 1. The van der Waals surface area contributed by atoms with Crippen LogP contribution in [0.25, 0.3) is 0 Å². The van der Waals surface area contributed by atoms with Crippen molar-refractivity contribution in [2.45, 2.75) is 31.3 Å². The molecule has 1 fully saturated rings. The molecule has 2 heterocycles. The Kier molecular flexibility index (Phi) is 3.54. The fourth-order valence-electron chi connectivity index (χ4n) is 2.61. The van der Waals surface area contributed by atoms with Crippen LogP contribution in [0.5, 0.6) is 0 Å². The van der Waals surface area contributed by atoms with E-state index in [4.69, 9.17) is 15.0 Å². The van der Waals surface area contributed by atoms with Gasteiger partial charge in [0.05, 0.1) is 5.92 Å². The van der Waals surface area contributed by atoms with Gasteiger partial charge < -0.3 is 15.0 Å². The molecule has 1 aliphatic heterocycles. The summed E-state index contributed by atoms with van der Waals surface area (Å²) in [5, 5.41) is 4.10. The molecule has 2 aromatic rings. The van der Waals surface area contributed by atoms with Crippen molar-refractivity contribution >= 4 is 0 Å².